The van der Waals surface area contributed by atoms with Crippen LogP contribution in [0.15, 0.2) is 29.2 Å². The van der Waals surface area contributed by atoms with Gasteiger partial charge in [-0.2, -0.15) is 0 Å². The highest BCUT2D eigenvalue weighted by Crippen LogP contribution is 2.40. The van der Waals surface area contributed by atoms with Gasteiger partial charge in [0.05, 0.1) is 16.1 Å². The number of carboxylic acid groups (broad SMARTS) is 1. The van der Waals surface area contributed by atoms with E-state index in [9.17, 15) is 13.2 Å². The monoisotopic (exact) mass is 260 g/mol. The van der Waals surface area contributed by atoms with Crippen molar-refractivity contribution in [1.82, 2.24) is 0 Å². The van der Waals surface area contributed by atoms with Crippen LogP contribution in [0.3, 0.4) is 0 Å². The minimum Gasteiger partial charge on any atom is -0.481 e. The number of carboxylic acids is 1. The van der Waals surface area contributed by atoms with Crippen LogP contribution in [-0.2, 0) is 14.6 Å². The second-order valence-corrected chi connectivity index (χ2v) is 6.32. The summed E-state index contributed by atoms with van der Waals surface area (Å²) in [5.41, 5.74) is 0. The summed E-state index contributed by atoms with van der Waals surface area (Å²) in [6.45, 7) is 0. The van der Waals surface area contributed by atoms with E-state index in [2.05, 4.69) is 0 Å². The van der Waals surface area contributed by atoms with Crippen molar-refractivity contribution in [3.8, 4) is 0 Å². The molecule has 0 heterocycles. The third-order valence-electron chi connectivity index (χ3n) is 2.57. The number of carbonyl (C=O) groups is 1. The van der Waals surface area contributed by atoms with Crippen molar-refractivity contribution in [2.75, 3.05) is 0 Å². The van der Waals surface area contributed by atoms with E-state index in [0.29, 0.717) is 5.02 Å². The summed E-state index contributed by atoms with van der Waals surface area (Å²) in [5, 5.41) is 8.22. The van der Waals surface area contributed by atoms with Crippen LogP contribution in [0.25, 0.3) is 0 Å². The molecule has 0 amide bonds. The molecule has 1 aromatic carbocycles. The van der Waals surface area contributed by atoms with E-state index in [1.165, 1.54) is 18.2 Å². The van der Waals surface area contributed by atoms with E-state index in [1.807, 2.05) is 0 Å². The molecule has 0 radical (unpaired) electrons. The van der Waals surface area contributed by atoms with Gasteiger partial charge in [-0.15, -0.1) is 0 Å². The number of rotatable bonds is 3. The first-order chi connectivity index (χ1) is 7.43. The van der Waals surface area contributed by atoms with Crippen molar-refractivity contribution in [1.29, 1.82) is 0 Å². The maximum absolute atomic E-state index is 11.9. The van der Waals surface area contributed by atoms with E-state index < -0.39 is 27.0 Å². The van der Waals surface area contributed by atoms with Crippen molar-refractivity contribution in [3.05, 3.63) is 29.3 Å². The molecule has 0 aliphatic heterocycles. The molecule has 16 heavy (non-hydrogen) atoms. The van der Waals surface area contributed by atoms with Crippen LogP contribution in [0.1, 0.15) is 6.42 Å². The molecule has 1 aliphatic rings. The number of halogens is 1. The Morgan fingerprint density at radius 1 is 1.44 bits per heavy atom. The molecule has 2 atom stereocenters. The third-order valence-corrected chi connectivity index (χ3v) is 5.04. The zero-order chi connectivity index (χ0) is 11.9. The molecular weight excluding hydrogens is 252 g/mol. The minimum absolute atomic E-state index is 0.0914. The first-order valence-electron chi connectivity index (χ1n) is 4.65. The first-order valence-corrected chi connectivity index (χ1v) is 6.57. The molecule has 1 aromatic rings. The minimum atomic E-state index is -3.55. The molecule has 1 saturated carbocycles. The molecule has 1 fully saturated rings. The Hall–Kier alpha value is -1.07. The molecule has 0 aromatic heterocycles. The van der Waals surface area contributed by atoms with Crippen LogP contribution < -0.4 is 0 Å². The Balaban J connectivity index is 2.31. The van der Waals surface area contributed by atoms with Gasteiger partial charge in [0.25, 0.3) is 0 Å². The van der Waals surface area contributed by atoms with Crippen LogP contribution in [0.5, 0.6) is 0 Å². The molecule has 1 N–H and O–H groups in total. The Morgan fingerprint density at radius 2 is 2.12 bits per heavy atom. The summed E-state index contributed by atoms with van der Waals surface area (Å²) in [6, 6.07) is 5.88. The highest BCUT2D eigenvalue weighted by Gasteiger charge is 2.52. The summed E-state index contributed by atoms with van der Waals surface area (Å²) in [6.07, 6.45) is 0.185. The molecule has 1 aliphatic carbocycles. The molecule has 2 rings (SSSR count). The van der Waals surface area contributed by atoms with Gasteiger partial charge >= 0.3 is 5.97 Å². The van der Waals surface area contributed by atoms with Gasteiger partial charge in [0.15, 0.2) is 9.84 Å². The normalized spacial score (nSPS) is 24.1. The Morgan fingerprint density at radius 3 is 2.62 bits per heavy atom. The van der Waals surface area contributed by atoms with Crippen molar-refractivity contribution in [2.24, 2.45) is 5.92 Å². The van der Waals surface area contributed by atoms with Gasteiger partial charge in [-0.05, 0) is 24.6 Å². The average Bonchev–Trinajstić information content (AvgIpc) is 2.97. The third kappa shape index (κ3) is 1.92. The average molecular weight is 261 g/mol. The second-order valence-electron chi connectivity index (χ2n) is 3.72. The Bertz CT molecular complexity index is 538. The van der Waals surface area contributed by atoms with E-state index in [1.54, 1.807) is 6.07 Å². The van der Waals surface area contributed by atoms with Crippen molar-refractivity contribution in [3.63, 3.8) is 0 Å². The largest absolute Gasteiger partial charge is 0.481 e. The summed E-state index contributed by atoms with van der Waals surface area (Å²) >= 11 is 5.69. The lowest BCUT2D eigenvalue weighted by Gasteiger charge is -2.02. The summed E-state index contributed by atoms with van der Waals surface area (Å²) in [4.78, 5) is 10.7. The standard InChI is InChI=1S/C10H9ClO4S/c11-6-2-1-3-7(4-6)16(14,15)9-5-8(9)10(12)13/h1-4,8-9H,5H2,(H,12,13). The van der Waals surface area contributed by atoms with Crippen molar-refractivity contribution < 1.29 is 18.3 Å². The fourth-order valence-electron chi connectivity index (χ4n) is 1.59. The van der Waals surface area contributed by atoms with Crippen LogP contribution in [0.2, 0.25) is 5.02 Å². The topological polar surface area (TPSA) is 71.4 Å². The number of aliphatic carboxylic acids is 1. The Labute approximate surface area is 97.8 Å². The molecule has 2 unspecified atom stereocenters. The van der Waals surface area contributed by atoms with Gasteiger partial charge in [0.2, 0.25) is 0 Å². The number of sulfone groups is 1. The lowest BCUT2D eigenvalue weighted by molar-refractivity contribution is -0.138. The summed E-state index contributed by atoms with van der Waals surface area (Å²) < 4.78 is 23.9. The molecule has 4 nitrogen and oxygen atoms in total. The van der Waals surface area contributed by atoms with Gasteiger partial charge in [0, 0.05) is 5.02 Å². The fraction of sp³-hybridized carbons (Fsp3) is 0.300. The van der Waals surface area contributed by atoms with Gasteiger partial charge in [-0.1, -0.05) is 17.7 Å². The maximum atomic E-state index is 11.9. The molecular formula is C10H9ClO4S. The molecule has 0 spiro atoms. The SMILES string of the molecule is O=C(O)C1CC1S(=O)(=O)c1cccc(Cl)c1. The number of hydrogen-bond donors (Lipinski definition) is 1. The van der Waals surface area contributed by atoms with Gasteiger partial charge in [0.1, 0.15) is 0 Å². The molecule has 0 bridgehead atoms. The summed E-state index contributed by atoms with van der Waals surface area (Å²) in [7, 11) is -3.55. The van der Waals surface area contributed by atoms with Gasteiger partial charge in [-0.25, -0.2) is 8.42 Å². The van der Waals surface area contributed by atoms with Crippen LogP contribution in [0, 0.1) is 5.92 Å². The predicted molar refractivity (Wildman–Crippen MR) is 58.2 cm³/mol. The van der Waals surface area contributed by atoms with E-state index in [4.69, 9.17) is 16.7 Å². The zero-order valence-corrected chi connectivity index (χ0v) is 9.70. The molecule has 6 heteroatoms. The van der Waals surface area contributed by atoms with Gasteiger partial charge in [-0.3, -0.25) is 4.79 Å². The quantitative estimate of drug-likeness (QED) is 0.896. The number of benzene rings is 1. The lowest BCUT2D eigenvalue weighted by Crippen LogP contribution is -2.13. The molecule has 0 saturated heterocycles. The van der Waals surface area contributed by atoms with Crippen LogP contribution in [0.4, 0.5) is 0 Å². The highest BCUT2D eigenvalue weighted by molar-refractivity contribution is 7.92. The zero-order valence-electron chi connectivity index (χ0n) is 8.13. The Kier molecular flexibility index (Phi) is 2.67. The van der Waals surface area contributed by atoms with Crippen LogP contribution >= 0.6 is 11.6 Å². The summed E-state index contributed by atoms with van der Waals surface area (Å²) in [5.74, 6) is -1.83. The van der Waals surface area contributed by atoms with Gasteiger partial charge < -0.3 is 5.11 Å². The molecule has 86 valence electrons. The fourth-order valence-corrected chi connectivity index (χ4v) is 3.77. The van der Waals surface area contributed by atoms with E-state index >= 15 is 0 Å². The first kappa shape index (κ1) is 11.4. The maximum Gasteiger partial charge on any atom is 0.307 e. The van der Waals surface area contributed by atoms with E-state index in [-0.39, 0.29) is 11.3 Å². The smallest absolute Gasteiger partial charge is 0.307 e. The van der Waals surface area contributed by atoms with Crippen molar-refractivity contribution in [2.45, 2.75) is 16.6 Å². The van der Waals surface area contributed by atoms with Crippen molar-refractivity contribution >= 4 is 27.4 Å². The van der Waals surface area contributed by atoms with E-state index in [0.717, 1.165) is 0 Å². The van der Waals surface area contributed by atoms with Crippen LogP contribution in [-0.4, -0.2) is 24.7 Å². The highest BCUT2D eigenvalue weighted by atomic mass is 35.5. The second kappa shape index (κ2) is 3.75. The lowest BCUT2D eigenvalue weighted by atomic mass is 10.4. The number of hydrogen-bond acceptors (Lipinski definition) is 3. The predicted octanol–water partition coefficient (Wildman–Crippen LogP) is 1.59.